The Morgan fingerprint density at radius 2 is 1.62 bits per heavy atom. The topological polar surface area (TPSA) is 73.6 Å². The molecule has 2 aromatic carbocycles. The Morgan fingerprint density at radius 3 is 2.50 bits per heavy atom. The molecular formula is C21H12O5. The van der Waals surface area contributed by atoms with Crippen molar-refractivity contribution in [3.63, 3.8) is 0 Å². The Hall–Kier alpha value is -3.60. The van der Waals surface area contributed by atoms with Crippen LogP contribution in [-0.4, -0.2) is 0 Å². The number of fused-ring (bicyclic) bond motifs is 4. The molecule has 0 bridgehead atoms. The van der Waals surface area contributed by atoms with Crippen molar-refractivity contribution in [2.75, 3.05) is 0 Å². The summed E-state index contributed by atoms with van der Waals surface area (Å²) in [6.07, 6.45) is 1.41. The summed E-state index contributed by atoms with van der Waals surface area (Å²) in [7, 11) is 0. The second-order valence-corrected chi connectivity index (χ2v) is 6.23. The van der Waals surface area contributed by atoms with Gasteiger partial charge in [0.15, 0.2) is 5.58 Å². The van der Waals surface area contributed by atoms with Crippen LogP contribution in [0, 0.1) is 6.92 Å². The van der Waals surface area contributed by atoms with Crippen LogP contribution < -0.4 is 11.3 Å². The van der Waals surface area contributed by atoms with E-state index in [4.69, 9.17) is 13.3 Å². The minimum absolute atomic E-state index is 0.241. The van der Waals surface area contributed by atoms with Gasteiger partial charge in [0, 0.05) is 10.9 Å². The molecular weight excluding hydrogens is 332 g/mol. The van der Waals surface area contributed by atoms with Crippen LogP contribution in [0.2, 0.25) is 0 Å². The summed E-state index contributed by atoms with van der Waals surface area (Å²) in [6.45, 7) is 1.94. The first-order valence-electron chi connectivity index (χ1n) is 8.10. The van der Waals surface area contributed by atoms with E-state index >= 15 is 0 Å². The third-order valence-corrected chi connectivity index (χ3v) is 4.51. The maximum atomic E-state index is 12.5. The van der Waals surface area contributed by atoms with Crippen molar-refractivity contribution in [2.45, 2.75) is 6.92 Å². The maximum absolute atomic E-state index is 12.5. The maximum Gasteiger partial charge on any atom is 0.348 e. The average molecular weight is 344 g/mol. The molecule has 0 unspecified atom stereocenters. The van der Waals surface area contributed by atoms with Crippen molar-refractivity contribution in [2.24, 2.45) is 0 Å². The van der Waals surface area contributed by atoms with Gasteiger partial charge in [-0.1, -0.05) is 29.8 Å². The number of rotatable bonds is 1. The highest BCUT2D eigenvalue weighted by atomic mass is 16.4. The van der Waals surface area contributed by atoms with Gasteiger partial charge in [0.1, 0.15) is 22.8 Å². The van der Waals surface area contributed by atoms with Crippen LogP contribution in [0.15, 0.2) is 77.6 Å². The Kier molecular flexibility index (Phi) is 2.94. The summed E-state index contributed by atoms with van der Waals surface area (Å²) in [5.74, 6) is 0. The van der Waals surface area contributed by atoms with Crippen LogP contribution >= 0.6 is 0 Å². The number of aryl methyl sites for hydroxylation is 1. The normalized spacial score (nSPS) is 11.6. The Balaban J connectivity index is 1.90. The standard InChI is InChI=1S/C21H12O5/c1-11-6-7-17-14(8-11)19-18(21(23)26-17)15(10-24-19)13-9-12-4-2-3-5-16(12)25-20(13)22/h2-10H,1H3. The van der Waals surface area contributed by atoms with E-state index in [9.17, 15) is 9.59 Å². The van der Waals surface area contributed by atoms with Gasteiger partial charge in [-0.15, -0.1) is 0 Å². The molecule has 0 aliphatic carbocycles. The van der Waals surface area contributed by atoms with Gasteiger partial charge in [0.25, 0.3) is 0 Å². The molecule has 5 nitrogen and oxygen atoms in total. The molecule has 0 aliphatic heterocycles. The lowest BCUT2D eigenvalue weighted by molar-refractivity contribution is 0.563. The highest BCUT2D eigenvalue weighted by molar-refractivity contribution is 6.06. The molecule has 26 heavy (non-hydrogen) atoms. The summed E-state index contributed by atoms with van der Waals surface area (Å²) in [6, 6.07) is 14.4. The number of para-hydroxylation sites is 1. The van der Waals surface area contributed by atoms with Crippen molar-refractivity contribution < 1.29 is 13.3 Å². The van der Waals surface area contributed by atoms with Crippen LogP contribution in [0.5, 0.6) is 0 Å². The van der Waals surface area contributed by atoms with E-state index in [1.807, 2.05) is 31.2 Å². The zero-order valence-electron chi connectivity index (χ0n) is 13.7. The molecule has 0 saturated heterocycles. The molecule has 0 radical (unpaired) electrons. The average Bonchev–Trinajstić information content (AvgIpc) is 3.08. The molecule has 0 aliphatic rings. The zero-order valence-corrected chi connectivity index (χ0v) is 13.7. The van der Waals surface area contributed by atoms with Crippen LogP contribution in [0.1, 0.15) is 5.56 Å². The summed E-state index contributed by atoms with van der Waals surface area (Å²) in [4.78, 5) is 25.0. The highest BCUT2D eigenvalue weighted by Crippen LogP contribution is 2.32. The third kappa shape index (κ3) is 2.04. The van der Waals surface area contributed by atoms with E-state index in [1.54, 1.807) is 24.3 Å². The monoisotopic (exact) mass is 344 g/mol. The minimum Gasteiger partial charge on any atom is -0.463 e. The fourth-order valence-corrected chi connectivity index (χ4v) is 3.27. The molecule has 3 aromatic heterocycles. The van der Waals surface area contributed by atoms with E-state index in [0.29, 0.717) is 27.7 Å². The van der Waals surface area contributed by atoms with Gasteiger partial charge in [0.2, 0.25) is 0 Å². The fourth-order valence-electron chi connectivity index (χ4n) is 3.27. The van der Waals surface area contributed by atoms with Crippen LogP contribution in [-0.2, 0) is 0 Å². The molecule has 0 spiro atoms. The lowest BCUT2D eigenvalue weighted by Gasteiger charge is -2.01. The number of furan rings is 1. The Labute approximate surface area is 146 Å². The number of hydrogen-bond donors (Lipinski definition) is 0. The van der Waals surface area contributed by atoms with Crippen molar-refractivity contribution in [1.82, 2.24) is 0 Å². The van der Waals surface area contributed by atoms with Gasteiger partial charge in [0.05, 0.1) is 10.9 Å². The smallest absolute Gasteiger partial charge is 0.348 e. The number of benzene rings is 2. The summed E-state index contributed by atoms with van der Waals surface area (Å²) < 4.78 is 16.5. The largest absolute Gasteiger partial charge is 0.463 e. The van der Waals surface area contributed by atoms with Gasteiger partial charge < -0.3 is 13.3 Å². The van der Waals surface area contributed by atoms with Crippen LogP contribution in [0.3, 0.4) is 0 Å². The SMILES string of the molecule is Cc1ccc2oc(=O)c3c(-c4cc5ccccc5oc4=O)coc3c2c1. The van der Waals surface area contributed by atoms with E-state index < -0.39 is 11.3 Å². The first-order chi connectivity index (χ1) is 12.6. The van der Waals surface area contributed by atoms with E-state index in [1.165, 1.54) is 6.26 Å². The fraction of sp³-hybridized carbons (Fsp3) is 0.0476. The predicted molar refractivity (Wildman–Crippen MR) is 98.5 cm³/mol. The lowest BCUT2D eigenvalue weighted by atomic mass is 10.0. The second kappa shape index (κ2) is 5.20. The van der Waals surface area contributed by atoms with Crippen molar-refractivity contribution >= 4 is 32.9 Å². The van der Waals surface area contributed by atoms with Gasteiger partial charge in [-0.05, 0) is 31.2 Å². The van der Waals surface area contributed by atoms with Gasteiger partial charge in [-0.25, -0.2) is 9.59 Å². The summed E-state index contributed by atoms with van der Waals surface area (Å²) in [5.41, 5.74) is 1.90. The minimum atomic E-state index is -0.548. The molecule has 0 fully saturated rings. The molecule has 5 heteroatoms. The lowest BCUT2D eigenvalue weighted by Crippen LogP contribution is -2.05. The van der Waals surface area contributed by atoms with Crippen molar-refractivity contribution in [3.05, 3.63) is 81.2 Å². The molecule has 126 valence electrons. The summed E-state index contributed by atoms with van der Waals surface area (Å²) >= 11 is 0. The highest BCUT2D eigenvalue weighted by Gasteiger charge is 2.20. The molecule has 5 aromatic rings. The second-order valence-electron chi connectivity index (χ2n) is 6.23. The van der Waals surface area contributed by atoms with Gasteiger partial charge >= 0.3 is 11.3 Å². The quantitative estimate of drug-likeness (QED) is 0.415. The predicted octanol–water partition coefficient (Wildman–Crippen LogP) is 4.62. The number of hydrogen-bond acceptors (Lipinski definition) is 5. The molecule has 3 heterocycles. The summed E-state index contributed by atoms with van der Waals surface area (Å²) in [5, 5.41) is 1.69. The third-order valence-electron chi connectivity index (χ3n) is 4.51. The van der Waals surface area contributed by atoms with E-state index in [-0.39, 0.29) is 10.9 Å². The first-order valence-corrected chi connectivity index (χ1v) is 8.10. The van der Waals surface area contributed by atoms with Crippen molar-refractivity contribution in [3.8, 4) is 11.1 Å². The Bertz CT molecular complexity index is 1430. The van der Waals surface area contributed by atoms with E-state index in [0.717, 1.165) is 10.9 Å². The van der Waals surface area contributed by atoms with Crippen LogP contribution in [0.25, 0.3) is 44.0 Å². The molecule has 0 amide bonds. The van der Waals surface area contributed by atoms with Crippen molar-refractivity contribution in [1.29, 1.82) is 0 Å². The van der Waals surface area contributed by atoms with Crippen LogP contribution in [0.4, 0.5) is 0 Å². The molecule has 0 atom stereocenters. The first kappa shape index (κ1) is 14.7. The zero-order chi connectivity index (χ0) is 17.8. The van der Waals surface area contributed by atoms with E-state index in [2.05, 4.69) is 0 Å². The van der Waals surface area contributed by atoms with Gasteiger partial charge in [-0.3, -0.25) is 0 Å². The molecule has 0 saturated carbocycles. The Morgan fingerprint density at radius 1 is 0.808 bits per heavy atom. The molecule has 5 rings (SSSR count). The van der Waals surface area contributed by atoms with Gasteiger partial charge in [-0.2, -0.15) is 0 Å². The molecule has 0 N–H and O–H groups in total.